The van der Waals surface area contributed by atoms with Gasteiger partial charge in [0, 0.05) is 0 Å². The van der Waals surface area contributed by atoms with Crippen LogP contribution in [0.25, 0.3) is 0 Å². The first-order valence-electron chi connectivity index (χ1n) is 7.94. The maximum Gasteiger partial charge on any atom is 0.422 e. The zero-order valence-electron chi connectivity index (χ0n) is 15.6. The van der Waals surface area contributed by atoms with Crippen LogP contribution >= 0.6 is 34.8 Å². The molecule has 150 valence electrons. The lowest BCUT2D eigenvalue weighted by Gasteiger charge is -2.31. The van der Waals surface area contributed by atoms with E-state index in [1.807, 2.05) is 13.8 Å². The van der Waals surface area contributed by atoms with Gasteiger partial charge in [-0.1, -0.05) is 69.4 Å². The molecule has 0 atom stereocenters. The Hall–Kier alpha value is -1.50. The van der Waals surface area contributed by atoms with E-state index in [2.05, 4.69) is 20.8 Å². The number of hydrogen-bond acceptors (Lipinski definition) is 5. The van der Waals surface area contributed by atoms with Gasteiger partial charge in [-0.15, -0.1) is 0 Å². The average molecular weight is 440 g/mol. The molecule has 9 heteroatoms. The van der Waals surface area contributed by atoms with Gasteiger partial charge in [-0.25, -0.2) is 14.4 Å². The highest BCUT2D eigenvalue weighted by atomic mass is 35.5. The molecule has 0 aromatic heterocycles. The Morgan fingerprint density at radius 2 is 1.59 bits per heavy atom. The highest BCUT2D eigenvalue weighted by molar-refractivity contribution is 6.46. The highest BCUT2D eigenvalue weighted by Gasteiger charge is 2.31. The zero-order chi connectivity index (χ0) is 21.2. The van der Waals surface area contributed by atoms with Gasteiger partial charge in [-0.05, 0) is 23.3 Å². The lowest BCUT2D eigenvalue weighted by atomic mass is 9.77. The summed E-state index contributed by atoms with van der Waals surface area (Å²) in [5.74, 6) is -4.93. The number of esters is 2. The summed E-state index contributed by atoms with van der Waals surface area (Å²) in [6.07, 6.45) is 0.762. The second-order valence-electron chi connectivity index (χ2n) is 8.03. The van der Waals surface area contributed by atoms with E-state index in [4.69, 9.17) is 49.4 Å². The van der Waals surface area contributed by atoms with E-state index >= 15 is 0 Å². The lowest BCUT2D eigenvalue weighted by molar-refractivity contribution is -0.158. The molecule has 0 fully saturated rings. The minimum atomic E-state index is -1.86. The Morgan fingerprint density at radius 3 is 2.07 bits per heavy atom. The quantitative estimate of drug-likeness (QED) is 0.291. The van der Waals surface area contributed by atoms with E-state index in [0.29, 0.717) is 0 Å². The summed E-state index contributed by atoms with van der Waals surface area (Å²) in [4.78, 5) is 34.7. The van der Waals surface area contributed by atoms with E-state index in [1.165, 1.54) is 0 Å². The molecule has 0 radical (unpaired) electrons. The molecule has 0 unspecified atom stereocenters. The highest BCUT2D eigenvalue weighted by Crippen LogP contribution is 2.40. The molecule has 0 heterocycles. The number of carbonyl (C=O) groups excluding carboxylic acids is 2. The number of carboxylic acid groups (broad SMARTS) is 1. The summed E-state index contributed by atoms with van der Waals surface area (Å²) in [6, 6.07) is 1.14. The number of halogens is 3. The molecule has 0 saturated carbocycles. The number of carbonyl (C=O) groups is 3. The fourth-order valence-corrected chi connectivity index (χ4v) is 3.54. The maximum absolute atomic E-state index is 12.6. The summed E-state index contributed by atoms with van der Waals surface area (Å²) in [5.41, 5.74) is -0.745. The molecule has 1 rings (SSSR count). The molecule has 0 saturated heterocycles. The zero-order valence-corrected chi connectivity index (χ0v) is 17.9. The molecule has 1 N–H and O–H groups in total. The van der Waals surface area contributed by atoms with Gasteiger partial charge in [0.15, 0.2) is 5.75 Å². The number of benzene rings is 1. The summed E-state index contributed by atoms with van der Waals surface area (Å²) >= 11 is 17.9. The van der Waals surface area contributed by atoms with Crippen LogP contribution in [0.5, 0.6) is 5.75 Å². The minimum absolute atomic E-state index is 0.00902. The van der Waals surface area contributed by atoms with Crippen molar-refractivity contribution >= 4 is 52.7 Å². The van der Waals surface area contributed by atoms with Gasteiger partial charge >= 0.3 is 17.9 Å². The normalized spacial score (nSPS) is 11.9. The van der Waals surface area contributed by atoms with E-state index in [-0.39, 0.29) is 32.5 Å². The molecule has 0 spiro atoms. The number of aliphatic carboxylic acids is 1. The van der Waals surface area contributed by atoms with E-state index in [0.717, 1.165) is 12.5 Å². The van der Waals surface area contributed by atoms with Crippen LogP contribution in [-0.2, 0) is 14.3 Å². The van der Waals surface area contributed by atoms with Crippen molar-refractivity contribution in [1.82, 2.24) is 0 Å². The Balaban J connectivity index is 3.18. The molecule has 6 nitrogen and oxygen atoms in total. The predicted molar refractivity (Wildman–Crippen MR) is 103 cm³/mol. The molecular formula is C18H21Cl3O6. The number of ether oxygens (including phenoxy) is 2. The third kappa shape index (κ3) is 6.87. The molecule has 1 aromatic rings. The van der Waals surface area contributed by atoms with Crippen LogP contribution in [0.2, 0.25) is 15.1 Å². The third-order valence-electron chi connectivity index (χ3n) is 3.30. The van der Waals surface area contributed by atoms with Gasteiger partial charge in [0.1, 0.15) is 5.56 Å². The van der Waals surface area contributed by atoms with Crippen molar-refractivity contribution in [3.8, 4) is 5.75 Å². The molecule has 0 aliphatic carbocycles. The van der Waals surface area contributed by atoms with Crippen LogP contribution in [-0.4, -0.2) is 29.6 Å². The fourth-order valence-electron chi connectivity index (χ4n) is 2.82. The molecule has 0 bridgehead atoms. The largest absolute Gasteiger partial charge is 0.473 e. The topological polar surface area (TPSA) is 89.9 Å². The van der Waals surface area contributed by atoms with Crippen LogP contribution < -0.4 is 4.74 Å². The van der Waals surface area contributed by atoms with E-state index in [1.54, 1.807) is 0 Å². The molecule has 0 aliphatic rings. The fraction of sp³-hybridized carbons (Fsp3) is 0.500. The summed E-state index contributed by atoms with van der Waals surface area (Å²) in [6.45, 7) is 10.1. The van der Waals surface area contributed by atoms with Crippen molar-refractivity contribution < 1.29 is 29.0 Å². The van der Waals surface area contributed by atoms with Gasteiger partial charge in [0.25, 0.3) is 0 Å². The van der Waals surface area contributed by atoms with Crippen molar-refractivity contribution in [3.63, 3.8) is 0 Å². The second-order valence-corrected chi connectivity index (χ2v) is 9.22. The van der Waals surface area contributed by atoms with Gasteiger partial charge in [-0.3, -0.25) is 0 Å². The molecule has 0 amide bonds. The van der Waals surface area contributed by atoms with Crippen molar-refractivity contribution in [1.29, 1.82) is 0 Å². The first-order valence-corrected chi connectivity index (χ1v) is 9.08. The van der Waals surface area contributed by atoms with Crippen molar-refractivity contribution in [3.05, 3.63) is 26.7 Å². The van der Waals surface area contributed by atoms with Gasteiger partial charge < -0.3 is 14.6 Å². The van der Waals surface area contributed by atoms with Crippen molar-refractivity contribution in [2.45, 2.75) is 41.0 Å². The van der Waals surface area contributed by atoms with Crippen LogP contribution in [0.1, 0.15) is 51.4 Å². The molecule has 1 aromatic carbocycles. The summed E-state index contributed by atoms with van der Waals surface area (Å²) < 4.78 is 10.0. The molecule has 0 aliphatic heterocycles. The van der Waals surface area contributed by atoms with Crippen LogP contribution in [0.15, 0.2) is 6.07 Å². The van der Waals surface area contributed by atoms with Gasteiger partial charge in [-0.2, -0.15) is 0 Å². The Labute approximate surface area is 172 Å². The van der Waals surface area contributed by atoms with Crippen molar-refractivity contribution in [2.24, 2.45) is 10.8 Å². The number of rotatable bonds is 5. The summed E-state index contributed by atoms with van der Waals surface area (Å²) in [5, 5.41) is 8.13. The van der Waals surface area contributed by atoms with E-state index < -0.39 is 29.2 Å². The average Bonchev–Trinajstić information content (AvgIpc) is 2.48. The second kappa shape index (κ2) is 8.67. The Morgan fingerprint density at radius 1 is 1.04 bits per heavy atom. The third-order valence-corrected chi connectivity index (χ3v) is 4.37. The predicted octanol–water partition coefficient (Wildman–Crippen LogP) is 5.26. The van der Waals surface area contributed by atoms with Crippen LogP contribution in [0.4, 0.5) is 0 Å². The summed E-state index contributed by atoms with van der Waals surface area (Å²) in [7, 11) is 0. The first kappa shape index (κ1) is 23.5. The number of hydrogen-bond donors (Lipinski definition) is 1. The standard InChI is InChI=1S/C18H21Cl3O6/c1-17(2,3)7-18(4,5)8-26-15(24)11-12(21)9(19)6-10(20)13(11)27-16(25)14(22)23/h6H,7-8H2,1-5H3,(H,22,23). The Kier molecular flexibility index (Phi) is 7.56. The minimum Gasteiger partial charge on any atom is -0.473 e. The molecular weight excluding hydrogens is 419 g/mol. The Bertz CT molecular complexity index is 765. The number of carboxylic acids is 1. The van der Waals surface area contributed by atoms with Gasteiger partial charge in [0.05, 0.1) is 21.7 Å². The van der Waals surface area contributed by atoms with Crippen LogP contribution in [0, 0.1) is 10.8 Å². The first-order chi connectivity index (χ1) is 12.1. The van der Waals surface area contributed by atoms with Crippen molar-refractivity contribution in [2.75, 3.05) is 6.61 Å². The SMILES string of the molecule is CC(C)(C)CC(C)(C)COC(=O)c1c(Cl)c(Cl)cc(Cl)c1OC(=O)C(=O)O. The van der Waals surface area contributed by atoms with Gasteiger partial charge in [0.2, 0.25) is 0 Å². The molecule has 27 heavy (non-hydrogen) atoms. The smallest absolute Gasteiger partial charge is 0.422 e. The lowest BCUT2D eigenvalue weighted by Crippen LogP contribution is -2.27. The maximum atomic E-state index is 12.6. The van der Waals surface area contributed by atoms with E-state index in [9.17, 15) is 14.4 Å². The van der Waals surface area contributed by atoms with Crippen LogP contribution in [0.3, 0.4) is 0 Å². The monoisotopic (exact) mass is 438 g/mol.